The molecule has 0 aliphatic heterocycles. The second-order valence-corrected chi connectivity index (χ2v) is 6.24. The van der Waals surface area contributed by atoms with Crippen molar-refractivity contribution in [2.45, 2.75) is 6.42 Å². The van der Waals surface area contributed by atoms with Crippen LogP contribution in [-0.2, 0) is 9.59 Å². The molecule has 1 aromatic rings. The summed E-state index contributed by atoms with van der Waals surface area (Å²) < 4.78 is 15.8. The summed E-state index contributed by atoms with van der Waals surface area (Å²) in [7, 11) is 4.48. The van der Waals surface area contributed by atoms with Gasteiger partial charge in [-0.1, -0.05) is 12.2 Å². The summed E-state index contributed by atoms with van der Waals surface area (Å²) in [6.07, 6.45) is 4.57. The van der Waals surface area contributed by atoms with Crippen molar-refractivity contribution in [2.75, 3.05) is 26.6 Å². The molecule has 1 fully saturated rings. The number of hydrogen-bond donors (Lipinski definition) is 2. The fourth-order valence-electron chi connectivity index (χ4n) is 3.90. The van der Waals surface area contributed by atoms with Gasteiger partial charge in [0.15, 0.2) is 11.5 Å². The molecule has 0 radical (unpaired) electrons. The van der Waals surface area contributed by atoms with Crippen molar-refractivity contribution in [1.82, 2.24) is 0 Å². The lowest BCUT2D eigenvalue weighted by Crippen LogP contribution is -2.36. The van der Waals surface area contributed by atoms with Crippen LogP contribution in [0.5, 0.6) is 17.2 Å². The maximum absolute atomic E-state index is 12.8. The number of rotatable bonds is 6. The third-order valence-electron chi connectivity index (χ3n) is 4.98. The summed E-state index contributed by atoms with van der Waals surface area (Å²) in [6, 6.07) is 3.25. The van der Waals surface area contributed by atoms with E-state index >= 15 is 0 Å². The van der Waals surface area contributed by atoms with E-state index in [-0.39, 0.29) is 17.7 Å². The zero-order valence-corrected chi connectivity index (χ0v) is 14.3. The van der Waals surface area contributed by atoms with Crippen LogP contribution >= 0.6 is 0 Å². The van der Waals surface area contributed by atoms with Crippen molar-refractivity contribution < 1.29 is 28.9 Å². The van der Waals surface area contributed by atoms with E-state index in [2.05, 4.69) is 5.32 Å². The van der Waals surface area contributed by atoms with Gasteiger partial charge >= 0.3 is 5.97 Å². The number of allylic oxidation sites excluding steroid dienone is 2. The van der Waals surface area contributed by atoms with Gasteiger partial charge in [0.25, 0.3) is 0 Å². The first-order valence-electron chi connectivity index (χ1n) is 8.02. The van der Waals surface area contributed by atoms with Gasteiger partial charge in [-0.05, 0) is 18.3 Å². The Balaban J connectivity index is 1.86. The zero-order valence-electron chi connectivity index (χ0n) is 14.3. The number of carbonyl (C=O) groups excluding carboxylic acids is 1. The number of nitrogens with one attached hydrogen (secondary N) is 1. The maximum Gasteiger partial charge on any atom is 0.307 e. The molecule has 25 heavy (non-hydrogen) atoms. The van der Waals surface area contributed by atoms with Crippen molar-refractivity contribution >= 4 is 17.6 Å². The summed E-state index contributed by atoms with van der Waals surface area (Å²) >= 11 is 0. The number of anilines is 1. The maximum atomic E-state index is 12.8. The van der Waals surface area contributed by atoms with Gasteiger partial charge in [0.2, 0.25) is 11.7 Å². The molecule has 2 aliphatic carbocycles. The van der Waals surface area contributed by atoms with Crippen molar-refractivity contribution in [1.29, 1.82) is 0 Å². The minimum atomic E-state index is -0.929. The molecule has 0 unspecified atom stereocenters. The Morgan fingerprint density at radius 1 is 1.00 bits per heavy atom. The van der Waals surface area contributed by atoms with Gasteiger partial charge in [0, 0.05) is 17.8 Å². The highest BCUT2D eigenvalue weighted by molar-refractivity contribution is 5.96. The van der Waals surface area contributed by atoms with Crippen molar-refractivity contribution in [2.24, 2.45) is 23.7 Å². The number of aliphatic carboxylic acids is 1. The van der Waals surface area contributed by atoms with Crippen LogP contribution in [-0.4, -0.2) is 38.3 Å². The Bertz CT molecular complexity index is 703. The molecule has 0 spiro atoms. The van der Waals surface area contributed by atoms with Crippen LogP contribution in [0.25, 0.3) is 0 Å². The first-order chi connectivity index (χ1) is 12.0. The quantitative estimate of drug-likeness (QED) is 0.766. The van der Waals surface area contributed by atoms with E-state index in [1.807, 2.05) is 12.2 Å². The number of carboxylic acids is 1. The number of ether oxygens (including phenoxy) is 3. The van der Waals surface area contributed by atoms with Crippen LogP contribution in [0.3, 0.4) is 0 Å². The van der Waals surface area contributed by atoms with Crippen LogP contribution < -0.4 is 19.5 Å². The molecular weight excluding hydrogens is 326 g/mol. The molecule has 2 N–H and O–H groups in total. The van der Waals surface area contributed by atoms with E-state index in [0.29, 0.717) is 29.4 Å². The van der Waals surface area contributed by atoms with Crippen LogP contribution in [0.4, 0.5) is 5.69 Å². The molecule has 0 aromatic heterocycles. The molecule has 1 amide bonds. The molecule has 1 aromatic carbocycles. The van der Waals surface area contributed by atoms with Crippen molar-refractivity contribution in [3.8, 4) is 17.2 Å². The molecule has 7 nitrogen and oxygen atoms in total. The van der Waals surface area contributed by atoms with Gasteiger partial charge in [-0.3, -0.25) is 9.59 Å². The number of amides is 1. The predicted octanol–water partition coefficient (Wildman–Crippen LogP) is 2.17. The molecule has 4 atom stereocenters. The topological polar surface area (TPSA) is 94.1 Å². The predicted molar refractivity (Wildman–Crippen MR) is 90.1 cm³/mol. The van der Waals surface area contributed by atoms with Gasteiger partial charge in [-0.25, -0.2) is 0 Å². The van der Waals surface area contributed by atoms with E-state index in [1.54, 1.807) is 12.1 Å². The van der Waals surface area contributed by atoms with E-state index < -0.39 is 17.8 Å². The number of fused-ring (bicyclic) bond motifs is 2. The second-order valence-electron chi connectivity index (χ2n) is 6.24. The Hall–Kier alpha value is -2.70. The summed E-state index contributed by atoms with van der Waals surface area (Å²) in [5, 5.41) is 12.3. The van der Waals surface area contributed by atoms with Crippen LogP contribution in [0.2, 0.25) is 0 Å². The van der Waals surface area contributed by atoms with Gasteiger partial charge in [0.05, 0.1) is 33.2 Å². The van der Waals surface area contributed by atoms with Crippen LogP contribution in [0.1, 0.15) is 6.42 Å². The molecule has 0 heterocycles. The molecule has 0 saturated heterocycles. The van der Waals surface area contributed by atoms with Crippen molar-refractivity contribution in [3.05, 3.63) is 24.3 Å². The van der Waals surface area contributed by atoms with Gasteiger partial charge < -0.3 is 24.6 Å². The number of hydrogen-bond acceptors (Lipinski definition) is 5. The molecular formula is C18H21NO6. The average Bonchev–Trinajstić information content (AvgIpc) is 3.21. The highest BCUT2D eigenvalue weighted by Gasteiger charge is 2.51. The summed E-state index contributed by atoms with van der Waals surface area (Å²) in [4.78, 5) is 24.3. The Morgan fingerprint density at radius 3 is 2.04 bits per heavy atom. The van der Waals surface area contributed by atoms with Gasteiger partial charge in [0.1, 0.15) is 0 Å². The highest BCUT2D eigenvalue weighted by Crippen LogP contribution is 2.48. The number of benzene rings is 1. The normalized spacial score (nSPS) is 26.4. The lowest BCUT2D eigenvalue weighted by Gasteiger charge is -2.24. The van der Waals surface area contributed by atoms with E-state index in [9.17, 15) is 14.7 Å². The van der Waals surface area contributed by atoms with E-state index in [4.69, 9.17) is 14.2 Å². The van der Waals surface area contributed by atoms with Gasteiger partial charge in [-0.15, -0.1) is 0 Å². The first kappa shape index (κ1) is 17.1. The zero-order chi connectivity index (χ0) is 18.1. The Morgan fingerprint density at radius 2 is 1.56 bits per heavy atom. The Kier molecular flexibility index (Phi) is 4.57. The smallest absolute Gasteiger partial charge is 0.307 e. The minimum Gasteiger partial charge on any atom is -0.493 e. The number of methoxy groups -OCH3 is 3. The van der Waals surface area contributed by atoms with E-state index in [0.717, 1.165) is 0 Å². The van der Waals surface area contributed by atoms with Gasteiger partial charge in [-0.2, -0.15) is 0 Å². The van der Waals surface area contributed by atoms with Crippen molar-refractivity contribution in [3.63, 3.8) is 0 Å². The molecule has 134 valence electrons. The fraction of sp³-hybridized carbons (Fsp3) is 0.444. The highest BCUT2D eigenvalue weighted by atomic mass is 16.5. The molecule has 1 saturated carbocycles. The summed E-state index contributed by atoms with van der Waals surface area (Å²) in [5.74, 6) is -1.34. The summed E-state index contributed by atoms with van der Waals surface area (Å²) in [6.45, 7) is 0. The second kappa shape index (κ2) is 6.66. The Labute approximate surface area is 145 Å². The lowest BCUT2D eigenvalue weighted by atomic mass is 9.82. The monoisotopic (exact) mass is 347 g/mol. The molecule has 2 aliphatic rings. The first-order valence-corrected chi connectivity index (χ1v) is 8.02. The van der Waals surface area contributed by atoms with Crippen LogP contribution in [0, 0.1) is 23.7 Å². The minimum absolute atomic E-state index is 0.0341. The molecule has 3 rings (SSSR count). The van der Waals surface area contributed by atoms with E-state index in [1.165, 1.54) is 21.3 Å². The van der Waals surface area contributed by atoms with Crippen LogP contribution in [0.15, 0.2) is 24.3 Å². The largest absolute Gasteiger partial charge is 0.493 e. The lowest BCUT2D eigenvalue weighted by molar-refractivity contribution is -0.146. The summed E-state index contributed by atoms with van der Waals surface area (Å²) in [5.41, 5.74) is 0.468. The molecule has 2 bridgehead atoms. The average molecular weight is 347 g/mol. The fourth-order valence-corrected chi connectivity index (χ4v) is 3.90. The third-order valence-corrected chi connectivity index (χ3v) is 4.98. The molecule has 7 heteroatoms. The third kappa shape index (κ3) is 2.90. The number of carbonyl (C=O) groups is 2. The number of carboxylic acid groups (broad SMARTS) is 1. The standard InChI is InChI=1S/C18H21NO6/c1-23-12-7-11(8-13(24-2)16(12)25-3)19-17(20)14-9-4-5-10(6-9)15(14)18(21)22/h4-5,7-10,14-15H,6H2,1-3H3,(H,19,20)(H,21,22)/t9-,10-,14-,15-/m0/s1. The SMILES string of the molecule is COc1cc(NC(=O)[C@@H]2[C@@H](C(=O)O)[C@H]3C=C[C@H]2C3)cc(OC)c1OC.